The van der Waals surface area contributed by atoms with Crippen molar-refractivity contribution in [2.75, 3.05) is 0 Å². The second-order valence-electron chi connectivity index (χ2n) is 9.57. The molecule has 0 fully saturated rings. The zero-order valence-electron chi connectivity index (χ0n) is 23.0. The highest BCUT2D eigenvalue weighted by Crippen LogP contribution is 2.39. The summed E-state index contributed by atoms with van der Waals surface area (Å²) in [5, 5.41) is 2.13. The van der Waals surface area contributed by atoms with Gasteiger partial charge in [-0.3, -0.25) is 0 Å². The van der Waals surface area contributed by atoms with Gasteiger partial charge in [0.1, 0.15) is 0 Å². The number of hydrogen-bond acceptors (Lipinski definition) is 0. The van der Waals surface area contributed by atoms with E-state index in [1.165, 1.54) is 5.57 Å². The molecule has 0 amide bonds. The van der Waals surface area contributed by atoms with E-state index in [-0.39, 0.29) is 5.92 Å². The lowest BCUT2D eigenvalue weighted by Crippen LogP contribution is -2.21. The van der Waals surface area contributed by atoms with E-state index in [1.807, 2.05) is 78.9 Å². The van der Waals surface area contributed by atoms with Gasteiger partial charge in [0.2, 0.25) is 0 Å². The van der Waals surface area contributed by atoms with Gasteiger partial charge in [0.15, 0.2) is 0 Å². The molecule has 0 saturated carbocycles. The third kappa shape index (κ3) is 6.92. The summed E-state index contributed by atoms with van der Waals surface area (Å²) in [6.45, 7) is 16.9. The summed E-state index contributed by atoms with van der Waals surface area (Å²) in [7, 11) is 0. The van der Waals surface area contributed by atoms with Crippen LogP contribution in [0.15, 0.2) is 159 Å². The van der Waals surface area contributed by atoms with Gasteiger partial charge in [-0.2, -0.15) is 0 Å². The van der Waals surface area contributed by atoms with Crippen LogP contribution in [-0.4, -0.2) is 0 Å². The van der Waals surface area contributed by atoms with E-state index in [0.717, 1.165) is 38.3 Å². The average molecular weight is 517 g/mol. The van der Waals surface area contributed by atoms with Crippen molar-refractivity contribution in [1.29, 1.82) is 0 Å². The number of allylic oxidation sites excluding steroid dienone is 15. The Hall–Kier alpha value is -4.94. The Balaban J connectivity index is 1.69. The van der Waals surface area contributed by atoms with Crippen LogP contribution < -0.4 is 10.4 Å². The molecule has 196 valence electrons. The van der Waals surface area contributed by atoms with E-state index in [1.54, 1.807) is 0 Å². The molecule has 0 heterocycles. The van der Waals surface area contributed by atoms with Crippen LogP contribution in [0.4, 0.5) is 0 Å². The van der Waals surface area contributed by atoms with Crippen LogP contribution in [0.5, 0.6) is 0 Å². The molecule has 2 aromatic rings. The fraction of sp³-hybridized carbons (Fsp3) is 0.0500. The summed E-state index contributed by atoms with van der Waals surface area (Å²) in [6, 6.07) is 20.6. The molecular formula is C40H36. The summed E-state index contributed by atoms with van der Waals surface area (Å²) in [4.78, 5) is 0. The minimum Gasteiger partial charge on any atom is -0.0984 e. The fourth-order valence-electron chi connectivity index (χ4n) is 4.97. The van der Waals surface area contributed by atoms with Crippen LogP contribution in [0, 0.1) is 11.8 Å². The molecule has 4 rings (SSSR count). The van der Waals surface area contributed by atoms with Crippen molar-refractivity contribution in [2.24, 2.45) is 11.8 Å². The summed E-state index contributed by atoms with van der Waals surface area (Å²) in [5.74, 6) is 0.630. The van der Waals surface area contributed by atoms with E-state index >= 15 is 0 Å². The van der Waals surface area contributed by atoms with Gasteiger partial charge < -0.3 is 0 Å². The highest BCUT2D eigenvalue weighted by Gasteiger charge is 2.24. The van der Waals surface area contributed by atoms with Crippen LogP contribution in [0.1, 0.15) is 22.3 Å². The van der Waals surface area contributed by atoms with Crippen molar-refractivity contribution in [3.05, 3.63) is 192 Å². The van der Waals surface area contributed by atoms with Gasteiger partial charge >= 0.3 is 0 Å². The van der Waals surface area contributed by atoms with Crippen molar-refractivity contribution in [1.82, 2.24) is 0 Å². The maximum atomic E-state index is 4.40. The van der Waals surface area contributed by atoms with Gasteiger partial charge in [0.05, 0.1) is 0 Å². The normalized spacial score (nSPS) is 18.1. The van der Waals surface area contributed by atoms with Crippen LogP contribution in [0.2, 0.25) is 0 Å². The molecule has 0 aromatic heterocycles. The third-order valence-corrected chi connectivity index (χ3v) is 7.01. The number of rotatable bonds is 8. The van der Waals surface area contributed by atoms with E-state index in [4.69, 9.17) is 0 Å². The molecule has 0 heteroatoms. The number of fused-ring (bicyclic) bond motifs is 1. The monoisotopic (exact) mass is 516 g/mol. The second-order valence-corrected chi connectivity index (χ2v) is 9.57. The topological polar surface area (TPSA) is 0 Å². The molecule has 0 spiro atoms. The highest BCUT2D eigenvalue weighted by atomic mass is 14.3. The molecule has 0 bridgehead atoms. The van der Waals surface area contributed by atoms with Crippen LogP contribution in [0.3, 0.4) is 0 Å². The Morgan fingerprint density at radius 2 is 1.35 bits per heavy atom. The zero-order valence-corrected chi connectivity index (χ0v) is 23.0. The molecule has 2 aliphatic carbocycles. The Morgan fingerprint density at radius 1 is 0.675 bits per heavy atom. The van der Waals surface area contributed by atoms with Crippen molar-refractivity contribution < 1.29 is 0 Å². The standard InChI is InChI=1S/C40H36/c1-5-35-36(6-2)39(40-30-20-26-34-25-18-19-28-38(34)40)29-15-11-10-14-27-37(35)32(4)22-12-8-7-9-13-23-33-24-17-16-21-31(33)3/h5-30,34,38H,1-4H2. The van der Waals surface area contributed by atoms with Crippen LogP contribution in [0.25, 0.3) is 36.0 Å². The first-order valence-corrected chi connectivity index (χ1v) is 13.6. The zero-order chi connectivity index (χ0) is 28.2. The minimum atomic E-state index is 0.280. The molecule has 0 radical (unpaired) electrons. The fourth-order valence-corrected chi connectivity index (χ4v) is 4.97. The first-order valence-electron chi connectivity index (χ1n) is 13.6. The smallest absolute Gasteiger partial charge is 0.0125 e. The summed E-state index contributed by atoms with van der Waals surface area (Å²) in [6.07, 6.45) is 33.4. The predicted molar refractivity (Wildman–Crippen MR) is 179 cm³/mol. The van der Waals surface area contributed by atoms with Crippen molar-refractivity contribution in [3.8, 4) is 0 Å². The summed E-state index contributed by atoms with van der Waals surface area (Å²) < 4.78 is 0. The quantitative estimate of drug-likeness (QED) is 0.307. The Morgan fingerprint density at radius 3 is 2.15 bits per heavy atom. The molecule has 2 atom stereocenters. The van der Waals surface area contributed by atoms with Gasteiger partial charge in [-0.25, -0.2) is 0 Å². The SMILES string of the molecule is C=Cc1c(C(=C)C=CC=CC=CC=c2ccccc2=C)ccccccc(C2=CC=CC3C=CC=CC23)c1C=C. The molecule has 0 aliphatic heterocycles. The van der Waals surface area contributed by atoms with Gasteiger partial charge in [-0.05, 0) is 43.8 Å². The van der Waals surface area contributed by atoms with Crippen molar-refractivity contribution in [2.45, 2.75) is 0 Å². The molecule has 2 aliphatic rings. The largest absolute Gasteiger partial charge is 0.0984 e. The molecular weight excluding hydrogens is 480 g/mol. The first kappa shape index (κ1) is 28.1. The lowest BCUT2D eigenvalue weighted by Gasteiger charge is -2.28. The lowest BCUT2D eigenvalue weighted by atomic mass is 9.76. The average Bonchev–Trinajstić information content (AvgIpc) is 2.98. The van der Waals surface area contributed by atoms with Crippen LogP contribution in [-0.2, 0) is 0 Å². The van der Waals surface area contributed by atoms with Gasteiger partial charge in [-0.1, -0.05) is 184 Å². The number of hydrogen-bond donors (Lipinski definition) is 0. The van der Waals surface area contributed by atoms with E-state index in [9.17, 15) is 0 Å². The Labute approximate surface area is 239 Å². The van der Waals surface area contributed by atoms with Gasteiger partial charge in [0.25, 0.3) is 0 Å². The summed E-state index contributed by atoms with van der Waals surface area (Å²) >= 11 is 0. The molecule has 2 unspecified atom stereocenters. The lowest BCUT2D eigenvalue weighted by molar-refractivity contribution is 0.677. The maximum absolute atomic E-state index is 4.40. The van der Waals surface area contributed by atoms with E-state index in [0.29, 0.717) is 5.92 Å². The minimum absolute atomic E-state index is 0.280. The van der Waals surface area contributed by atoms with E-state index < -0.39 is 0 Å². The molecule has 40 heavy (non-hydrogen) atoms. The first-order chi connectivity index (χ1) is 19.6. The van der Waals surface area contributed by atoms with Crippen molar-refractivity contribution in [3.63, 3.8) is 0 Å². The molecule has 0 N–H and O–H groups in total. The summed E-state index contributed by atoms with van der Waals surface area (Å²) in [5.41, 5.74) is 6.35. The second kappa shape index (κ2) is 14.3. The van der Waals surface area contributed by atoms with Crippen molar-refractivity contribution >= 4 is 36.0 Å². The van der Waals surface area contributed by atoms with Gasteiger partial charge in [0, 0.05) is 11.8 Å². The third-order valence-electron chi connectivity index (χ3n) is 7.01. The molecule has 0 nitrogen and oxygen atoms in total. The molecule has 0 saturated heterocycles. The number of benzene rings is 1. The highest BCUT2D eigenvalue weighted by molar-refractivity contribution is 5.86. The molecule has 2 aromatic carbocycles. The predicted octanol–water partition coefficient (Wildman–Crippen LogP) is 8.98. The van der Waals surface area contributed by atoms with Gasteiger partial charge in [-0.15, -0.1) is 0 Å². The van der Waals surface area contributed by atoms with Crippen LogP contribution >= 0.6 is 0 Å². The Bertz CT molecular complexity index is 1660. The van der Waals surface area contributed by atoms with E-state index in [2.05, 4.69) is 105 Å². The Kier molecular flexibility index (Phi) is 10.0. The maximum Gasteiger partial charge on any atom is 0.0125 e.